The van der Waals surface area contributed by atoms with Gasteiger partial charge >= 0.3 is 0 Å². The number of piperidine rings is 1. The quantitative estimate of drug-likeness (QED) is 0.677. The van der Waals surface area contributed by atoms with E-state index in [0.717, 1.165) is 43.0 Å². The predicted molar refractivity (Wildman–Crippen MR) is 122 cm³/mol. The van der Waals surface area contributed by atoms with E-state index in [0.29, 0.717) is 11.8 Å². The zero-order chi connectivity index (χ0) is 20.3. The highest BCUT2D eigenvalue weighted by atomic mass is 32.2. The van der Waals surface area contributed by atoms with Crippen LogP contribution in [0.25, 0.3) is 0 Å². The monoisotopic (exact) mass is 426 g/mol. The Morgan fingerprint density at radius 1 is 0.933 bits per heavy atom. The molecule has 1 N–H and O–H groups in total. The molecule has 2 aliphatic heterocycles. The summed E-state index contributed by atoms with van der Waals surface area (Å²) < 4.78 is 2.26. The topological polar surface area (TPSA) is 66.3 Å². The molecule has 8 heteroatoms. The van der Waals surface area contributed by atoms with E-state index in [-0.39, 0.29) is 5.91 Å². The summed E-state index contributed by atoms with van der Waals surface area (Å²) >= 11 is 1.49. The van der Waals surface area contributed by atoms with E-state index in [1.807, 2.05) is 12.1 Å². The van der Waals surface area contributed by atoms with Crippen molar-refractivity contribution in [2.24, 2.45) is 0 Å². The lowest BCUT2D eigenvalue weighted by Crippen LogP contribution is -2.29. The average molecular weight is 427 g/mol. The minimum absolute atomic E-state index is 0.00112. The number of amides is 1. The Balaban J connectivity index is 1.17. The molecule has 3 heterocycles. The number of carbonyl (C=O) groups is 1. The number of anilines is 3. The lowest BCUT2D eigenvalue weighted by molar-refractivity contribution is -0.113. The van der Waals surface area contributed by atoms with E-state index in [9.17, 15) is 4.79 Å². The van der Waals surface area contributed by atoms with Gasteiger partial charge in [0.15, 0.2) is 5.16 Å². The molecule has 3 aliphatic rings. The van der Waals surface area contributed by atoms with Crippen LogP contribution in [0, 0.1) is 0 Å². The van der Waals surface area contributed by atoms with E-state index in [2.05, 4.69) is 42.0 Å². The Bertz CT molecular complexity index is 866. The summed E-state index contributed by atoms with van der Waals surface area (Å²) in [6, 6.07) is 8.73. The second-order valence-corrected chi connectivity index (χ2v) is 9.45. The number of rotatable bonds is 7. The van der Waals surface area contributed by atoms with Crippen molar-refractivity contribution < 1.29 is 4.79 Å². The smallest absolute Gasteiger partial charge is 0.234 e. The first-order chi connectivity index (χ1) is 14.8. The fourth-order valence-corrected chi connectivity index (χ4v) is 5.19. The van der Waals surface area contributed by atoms with Gasteiger partial charge in [-0.2, -0.15) is 0 Å². The Morgan fingerprint density at radius 3 is 2.30 bits per heavy atom. The summed E-state index contributed by atoms with van der Waals surface area (Å²) in [6.45, 7) is 4.37. The standard InChI is InChI=1S/C22H30N6OS/c29-20(23-17-6-8-18(9-7-17)26-12-2-1-3-13-26)16-30-22-25-24-21(27-14-4-5-15-27)28(22)19-10-11-19/h6-9,19H,1-5,10-16H2,(H,23,29). The van der Waals surface area contributed by atoms with Crippen molar-refractivity contribution in [3.8, 4) is 0 Å². The van der Waals surface area contributed by atoms with Gasteiger partial charge in [0.05, 0.1) is 5.75 Å². The summed E-state index contributed by atoms with van der Waals surface area (Å²) in [7, 11) is 0. The molecule has 1 aliphatic carbocycles. The molecule has 0 atom stereocenters. The van der Waals surface area contributed by atoms with Gasteiger partial charge in [-0.3, -0.25) is 9.36 Å². The lowest BCUT2D eigenvalue weighted by Gasteiger charge is -2.28. The first kappa shape index (κ1) is 19.7. The molecule has 1 saturated carbocycles. The van der Waals surface area contributed by atoms with Gasteiger partial charge in [-0.1, -0.05) is 11.8 Å². The van der Waals surface area contributed by atoms with Gasteiger partial charge in [0.25, 0.3) is 0 Å². The molecule has 0 radical (unpaired) electrons. The largest absolute Gasteiger partial charge is 0.372 e. The first-order valence-electron chi connectivity index (χ1n) is 11.3. The predicted octanol–water partition coefficient (Wildman–Crippen LogP) is 3.93. The Labute approximate surface area is 182 Å². The molecule has 160 valence electrons. The van der Waals surface area contributed by atoms with Crippen molar-refractivity contribution in [2.45, 2.75) is 56.1 Å². The van der Waals surface area contributed by atoms with Crippen LogP contribution in [-0.2, 0) is 4.79 Å². The summed E-state index contributed by atoms with van der Waals surface area (Å²) in [4.78, 5) is 17.3. The molecule has 2 saturated heterocycles. The van der Waals surface area contributed by atoms with Crippen molar-refractivity contribution in [3.63, 3.8) is 0 Å². The summed E-state index contributed by atoms with van der Waals surface area (Å²) in [5, 5.41) is 12.8. The van der Waals surface area contributed by atoms with Crippen LogP contribution in [-0.4, -0.2) is 52.6 Å². The van der Waals surface area contributed by atoms with Crippen LogP contribution in [0.4, 0.5) is 17.3 Å². The Hall–Kier alpha value is -2.22. The number of carbonyl (C=O) groups excluding carboxylic acids is 1. The van der Waals surface area contributed by atoms with Crippen LogP contribution in [0.3, 0.4) is 0 Å². The van der Waals surface area contributed by atoms with Gasteiger partial charge in [0, 0.05) is 43.6 Å². The number of nitrogens with one attached hydrogen (secondary N) is 1. The third kappa shape index (κ3) is 4.43. The van der Waals surface area contributed by atoms with Crippen LogP contribution in [0.2, 0.25) is 0 Å². The van der Waals surface area contributed by atoms with Gasteiger partial charge in [-0.15, -0.1) is 10.2 Å². The van der Waals surface area contributed by atoms with Crippen molar-refractivity contribution in [2.75, 3.05) is 47.0 Å². The number of benzene rings is 1. The van der Waals surface area contributed by atoms with E-state index < -0.39 is 0 Å². The van der Waals surface area contributed by atoms with Crippen LogP contribution in [0.15, 0.2) is 29.4 Å². The summed E-state index contributed by atoms with van der Waals surface area (Å²) in [5.41, 5.74) is 2.09. The molecular weight excluding hydrogens is 396 g/mol. The second-order valence-electron chi connectivity index (χ2n) is 8.51. The third-order valence-electron chi connectivity index (χ3n) is 6.15. The lowest BCUT2D eigenvalue weighted by atomic mass is 10.1. The summed E-state index contributed by atoms with van der Waals surface area (Å²) in [5.74, 6) is 1.34. The van der Waals surface area contributed by atoms with Crippen LogP contribution < -0.4 is 15.1 Å². The van der Waals surface area contributed by atoms with Gasteiger partial charge in [0.1, 0.15) is 0 Å². The van der Waals surface area contributed by atoms with Gasteiger partial charge in [0.2, 0.25) is 11.9 Å². The minimum Gasteiger partial charge on any atom is -0.372 e. The Kier molecular flexibility index (Phi) is 5.84. The van der Waals surface area contributed by atoms with Gasteiger partial charge in [-0.05, 0) is 69.2 Å². The van der Waals surface area contributed by atoms with Crippen molar-refractivity contribution >= 4 is 35.0 Å². The zero-order valence-electron chi connectivity index (χ0n) is 17.4. The number of hydrogen-bond donors (Lipinski definition) is 1. The number of aromatic nitrogens is 3. The van der Waals surface area contributed by atoms with Crippen LogP contribution in [0.5, 0.6) is 0 Å². The molecule has 0 unspecified atom stereocenters. The van der Waals surface area contributed by atoms with Crippen molar-refractivity contribution in [3.05, 3.63) is 24.3 Å². The molecule has 5 rings (SSSR count). The fourth-order valence-electron chi connectivity index (χ4n) is 4.39. The number of hydrogen-bond acceptors (Lipinski definition) is 6. The third-order valence-corrected chi connectivity index (χ3v) is 7.10. The molecule has 1 amide bonds. The maximum Gasteiger partial charge on any atom is 0.234 e. The highest BCUT2D eigenvalue weighted by Gasteiger charge is 2.32. The maximum absolute atomic E-state index is 12.5. The molecule has 0 bridgehead atoms. The molecule has 1 aromatic carbocycles. The molecule has 7 nitrogen and oxygen atoms in total. The normalized spacial score (nSPS) is 19.3. The minimum atomic E-state index is -0.00112. The van der Waals surface area contributed by atoms with E-state index >= 15 is 0 Å². The highest BCUT2D eigenvalue weighted by Crippen LogP contribution is 2.41. The van der Waals surface area contributed by atoms with E-state index in [4.69, 9.17) is 0 Å². The van der Waals surface area contributed by atoms with Crippen molar-refractivity contribution in [1.82, 2.24) is 14.8 Å². The SMILES string of the molecule is O=C(CSc1nnc(N2CCCC2)n1C1CC1)Nc1ccc(N2CCCCC2)cc1. The maximum atomic E-state index is 12.5. The average Bonchev–Trinajstić information content (AvgIpc) is 3.30. The van der Waals surface area contributed by atoms with E-state index in [1.165, 1.54) is 62.4 Å². The molecule has 0 spiro atoms. The highest BCUT2D eigenvalue weighted by molar-refractivity contribution is 7.99. The zero-order valence-corrected chi connectivity index (χ0v) is 18.2. The van der Waals surface area contributed by atoms with Crippen LogP contribution in [0.1, 0.15) is 51.0 Å². The Morgan fingerprint density at radius 2 is 1.60 bits per heavy atom. The molecule has 1 aromatic heterocycles. The molecular formula is C22H30N6OS. The summed E-state index contributed by atoms with van der Waals surface area (Å²) in [6.07, 6.45) is 8.67. The van der Waals surface area contributed by atoms with Crippen molar-refractivity contribution in [1.29, 1.82) is 0 Å². The molecule has 3 fully saturated rings. The van der Waals surface area contributed by atoms with E-state index in [1.54, 1.807) is 0 Å². The second kappa shape index (κ2) is 8.88. The molecule has 30 heavy (non-hydrogen) atoms. The first-order valence-corrected chi connectivity index (χ1v) is 12.2. The van der Waals surface area contributed by atoms with Gasteiger partial charge < -0.3 is 15.1 Å². The fraction of sp³-hybridized carbons (Fsp3) is 0.591. The van der Waals surface area contributed by atoms with Crippen LogP contribution >= 0.6 is 11.8 Å². The number of nitrogens with zero attached hydrogens (tertiary/aromatic N) is 5. The molecule has 2 aromatic rings. The van der Waals surface area contributed by atoms with Gasteiger partial charge in [-0.25, -0.2) is 0 Å². The number of thioether (sulfide) groups is 1.